The first-order chi connectivity index (χ1) is 10.0. The molecule has 7 heteroatoms. The summed E-state index contributed by atoms with van der Waals surface area (Å²) in [5.74, 6) is 0.283. The van der Waals surface area contributed by atoms with Gasteiger partial charge in [-0.1, -0.05) is 33.2 Å². The molecule has 0 spiro atoms. The third kappa shape index (κ3) is 4.95. The summed E-state index contributed by atoms with van der Waals surface area (Å²) in [4.78, 5) is 16.8. The fraction of sp³-hybridized carbons (Fsp3) is 0.357. The molecule has 0 saturated carbocycles. The predicted molar refractivity (Wildman–Crippen MR) is 80.6 cm³/mol. The van der Waals surface area contributed by atoms with Gasteiger partial charge in [0.25, 0.3) is 0 Å². The number of nitrogens with zero attached hydrogens (tertiary/aromatic N) is 3. The quantitative estimate of drug-likeness (QED) is 0.824. The van der Waals surface area contributed by atoms with Crippen molar-refractivity contribution < 1.29 is 14.4 Å². The summed E-state index contributed by atoms with van der Waals surface area (Å²) in [5.41, 5.74) is 0.882. The average molecular weight is 354 g/mol. The van der Waals surface area contributed by atoms with E-state index in [1.54, 1.807) is 0 Å². The number of hydrogen-bond donors (Lipinski definition) is 1. The van der Waals surface area contributed by atoms with E-state index in [-0.39, 0.29) is 6.42 Å². The van der Waals surface area contributed by atoms with Crippen LogP contribution in [0.5, 0.6) is 0 Å². The summed E-state index contributed by atoms with van der Waals surface area (Å²) in [7, 11) is 1.89. The highest BCUT2D eigenvalue weighted by Gasteiger charge is 2.11. The summed E-state index contributed by atoms with van der Waals surface area (Å²) >= 11 is 3.40. The summed E-state index contributed by atoms with van der Waals surface area (Å²) in [6.45, 7) is 1.17. The van der Waals surface area contributed by atoms with Gasteiger partial charge in [-0.05, 0) is 32.1 Å². The van der Waals surface area contributed by atoms with Crippen molar-refractivity contribution in [3.05, 3.63) is 34.6 Å². The molecule has 0 aliphatic carbocycles. The highest BCUT2D eigenvalue weighted by molar-refractivity contribution is 9.10. The maximum Gasteiger partial charge on any atom is 0.303 e. The standard InChI is InChI=1S/C14H16BrN3O3/c1-18(7-3-6-13(19)20)9-12-16-14(17-21-12)10-4-2-5-11(15)8-10/h2,4-5,8H,3,6-7,9H2,1H3,(H,19,20). The molecule has 0 fully saturated rings. The largest absolute Gasteiger partial charge is 0.481 e. The van der Waals surface area contributed by atoms with E-state index in [0.717, 1.165) is 10.0 Å². The Labute approximate surface area is 130 Å². The lowest BCUT2D eigenvalue weighted by atomic mass is 10.2. The van der Waals surface area contributed by atoms with Gasteiger partial charge in [-0.25, -0.2) is 0 Å². The van der Waals surface area contributed by atoms with E-state index in [1.165, 1.54) is 0 Å². The number of hydrogen-bond acceptors (Lipinski definition) is 5. The zero-order valence-corrected chi connectivity index (χ0v) is 13.2. The minimum atomic E-state index is -0.780. The van der Waals surface area contributed by atoms with Crippen LogP contribution in [-0.2, 0) is 11.3 Å². The van der Waals surface area contributed by atoms with Crippen LogP contribution >= 0.6 is 15.9 Å². The minimum Gasteiger partial charge on any atom is -0.481 e. The van der Waals surface area contributed by atoms with Gasteiger partial charge in [-0.2, -0.15) is 4.98 Å². The van der Waals surface area contributed by atoms with Gasteiger partial charge in [0.1, 0.15) is 0 Å². The molecule has 112 valence electrons. The van der Waals surface area contributed by atoms with E-state index in [9.17, 15) is 4.79 Å². The lowest BCUT2D eigenvalue weighted by Gasteiger charge is -2.12. The molecule has 0 bridgehead atoms. The SMILES string of the molecule is CN(CCCC(=O)O)Cc1nc(-c2cccc(Br)c2)no1. The van der Waals surface area contributed by atoms with Gasteiger partial charge in [-0.3, -0.25) is 9.69 Å². The van der Waals surface area contributed by atoms with E-state index in [2.05, 4.69) is 26.1 Å². The fourth-order valence-corrected chi connectivity index (χ4v) is 2.27. The van der Waals surface area contributed by atoms with Crippen LogP contribution in [-0.4, -0.2) is 39.7 Å². The number of halogens is 1. The molecule has 0 radical (unpaired) electrons. The molecule has 0 atom stereocenters. The molecule has 2 aromatic rings. The van der Waals surface area contributed by atoms with Crippen molar-refractivity contribution in [3.8, 4) is 11.4 Å². The molecule has 1 aromatic carbocycles. The fourth-order valence-electron chi connectivity index (χ4n) is 1.87. The second-order valence-corrected chi connectivity index (χ2v) is 5.67. The van der Waals surface area contributed by atoms with E-state index in [1.807, 2.05) is 36.2 Å². The zero-order chi connectivity index (χ0) is 15.2. The first-order valence-electron chi connectivity index (χ1n) is 6.53. The van der Waals surface area contributed by atoms with Crippen LogP contribution in [0.4, 0.5) is 0 Å². The topological polar surface area (TPSA) is 79.5 Å². The maximum atomic E-state index is 10.5. The lowest BCUT2D eigenvalue weighted by Crippen LogP contribution is -2.20. The Balaban J connectivity index is 1.92. The number of aromatic nitrogens is 2. The van der Waals surface area contributed by atoms with Crippen LogP contribution in [0, 0.1) is 0 Å². The highest BCUT2D eigenvalue weighted by Crippen LogP contribution is 2.20. The Hall–Kier alpha value is -1.73. The molecule has 0 saturated heterocycles. The number of aliphatic carboxylic acids is 1. The van der Waals surface area contributed by atoms with E-state index >= 15 is 0 Å². The smallest absolute Gasteiger partial charge is 0.303 e. The molecule has 0 amide bonds. The first kappa shape index (κ1) is 15.7. The number of carboxylic acid groups (broad SMARTS) is 1. The molecule has 1 heterocycles. The molecule has 6 nitrogen and oxygen atoms in total. The predicted octanol–water partition coefficient (Wildman–Crippen LogP) is 2.80. The van der Waals surface area contributed by atoms with Gasteiger partial charge in [0.05, 0.1) is 6.54 Å². The van der Waals surface area contributed by atoms with Crippen molar-refractivity contribution in [1.29, 1.82) is 0 Å². The maximum absolute atomic E-state index is 10.5. The van der Waals surface area contributed by atoms with Crippen LogP contribution in [0.2, 0.25) is 0 Å². The van der Waals surface area contributed by atoms with Crippen LogP contribution in [0.1, 0.15) is 18.7 Å². The highest BCUT2D eigenvalue weighted by atomic mass is 79.9. The molecule has 21 heavy (non-hydrogen) atoms. The van der Waals surface area contributed by atoms with Crippen LogP contribution in [0.25, 0.3) is 11.4 Å². The summed E-state index contributed by atoms with van der Waals surface area (Å²) < 4.78 is 6.18. The van der Waals surface area contributed by atoms with Gasteiger partial charge >= 0.3 is 5.97 Å². The Kier molecular flexibility index (Phi) is 5.46. The number of carboxylic acids is 1. The van der Waals surface area contributed by atoms with Gasteiger partial charge in [0.15, 0.2) is 0 Å². The monoisotopic (exact) mass is 353 g/mol. The number of carbonyl (C=O) groups is 1. The van der Waals surface area contributed by atoms with Crippen molar-refractivity contribution in [2.24, 2.45) is 0 Å². The molecule has 1 aromatic heterocycles. The summed E-state index contributed by atoms with van der Waals surface area (Å²) in [6.07, 6.45) is 0.760. The van der Waals surface area contributed by atoms with Gasteiger partial charge in [0.2, 0.25) is 11.7 Å². The molecule has 2 rings (SSSR count). The summed E-state index contributed by atoms with van der Waals surface area (Å²) in [5, 5.41) is 12.6. The molecular formula is C14H16BrN3O3. The van der Waals surface area contributed by atoms with Gasteiger partial charge < -0.3 is 9.63 Å². The van der Waals surface area contributed by atoms with Crippen molar-refractivity contribution in [2.75, 3.05) is 13.6 Å². The zero-order valence-electron chi connectivity index (χ0n) is 11.6. The molecule has 1 N–H and O–H groups in total. The normalized spacial score (nSPS) is 11.0. The Morgan fingerprint density at radius 2 is 2.29 bits per heavy atom. The Morgan fingerprint density at radius 3 is 3.00 bits per heavy atom. The van der Waals surface area contributed by atoms with Gasteiger partial charge in [0, 0.05) is 16.5 Å². The van der Waals surface area contributed by atoms with Crippen LogP contribution in [0.15, 0.2) is 33.3 Å². The molecule has 0 unspecified atom stereocenters. The van der Waals surface area contributed by atoms with Crippen molar-refractivity contribution in [1.82, 2.24) is 15.0 Å². The number of rotatable bonds is 7. The number of benzene rings is 1. The van der Waals surface area contributed by atoms with Crippen molar-refractivity contribution in [2.45, 2.75) is 19.4 Å². The average Bonchev–Trinajstić information content (AvgIpc) is 2.86. The Morgan fingerprint density at radius 1 is 1.48 bits per heavy atom. The van der Waals surface area contributed by atoms with E-state index in [0.29, 0.717) is 31.2 Å². The lowest BCUT2D eigenvalue weighted by molar-refractivity contribution is -0.137. The second-order valence-electron chi connectivity index (χ2n) is 4.76. The molecular weight excluding hydrogens is 338 g/mol. The van der Waals surface area contributed by atoms with E-state index in [4.69, 9.17) is 9.63 Å². The van der Waals surface area contributed by atoms with Gasteiger partial charge in [-0.15, -0.1) is 0 Å². The second kappa shape index (κ2) is 7.33. The van der Waals surface area contributed by atoms with Crippen molar-refractivity contribution in [3.63, 3.8) is 0 Å². The third-order valence-corrected chi connectivity index (χ3v) is 3.38. The minimum absolute atomic E-state index is 0.164. The van der Waals surface area contributed by atoms with Crippen LogP contribution in [0.3, 0.4) is 0 Å². The van der Waals surface area contributed by atoms with Crippen LogP contribution < -0.4 is 0 Å². The summed E-state index contributed by atoms with van der Waals surface area (Å²) in [6, 6.07) is 7.68. The first-order valence-corrected chi connectivity index (χ1v) is 7.33. The van der Waals surface area contributed by atoms with Crippen molar-refractivity contribution >= 4 is 21.9 Å². The molecule has 0 aliphatic heterocycles. The molecule has 0 aliphatic rings. The van der Waals surface area contributed by atoms with E-state index < -0.39 is 5.97 Å². The third-order valence-electron chi connectivity index (χ3n) is 2.89. The Bertz CT molecular complexity index is 615.